The molecular formula is C16H13NO5S2. The molecule has 1 aromatic carbocycles. The number of aromatic nitrogens is 1. The van der Waals surface area contributed by atoms with Crippen LogP contribution in [0.1, 0.15) is 16.1 Å². The minimum atomic E-state index is -3.29. The van der Waals surface area contributed by atoms with Crippen molar-refractivity contribution in [2.45, 2.75) is 11.5 Å². The molecule has 0 unspecified atom stereocenters. The highest BCUT2D eigenvalue weighted by molar-refractivity contribution is 7.90. The Hall–Kier alpha value is -2.45. The first-order valence-electron chi connectivity index (χ1n) is 6.89. The molecule has 0 atom stereocenters. The van der Waals surface area contributed by atoms with E-state index in [1.807, 2.05) is 17.5 Å². The number of hydrogen-bond donors (Lipinski definition) is 0. The molecule has 124 valence electrons. The van der Waals surface area contributed by atoms with E-state index in [0.29, 0.717) is 11.6 Å². The molecule has 0 saturated heterocycles. The summed E-state index contributed by atoms with van der Waals surface area (Å²) in [5.41, 5.74) is 0.767. The van der Waals surface area contributed by atoms with Crippen LogP contribution in [0.15, 0.2) is 57.4 Å². The highest BCUT2D eigenvalue weighted by atomic mass is 32.2. The summed E-state index contributed by atoms with van der Waals surface area (Å²) < 4.78 is 33.3. The van der Waals surface area contributed by atoms with Gasteiger partial charge in [0.15, 0.2) is 9.84 Å². The first kappa shape index (κ1) is 16.4. The van der Waals surface area contributed by atoms with Crippen LogP contribution in [0.3, 0.4) is 0 Å². The Kier molecular flexibility index (Phi) is 4.50. The molecule has 0 amide bonds. The lowest BCUT2D eigenvalue weighted by Gasteiger charge is -2.03. The van der Waals surface area contributed by atoms with Gasteiger partial charge in [0.25, 0.3) is 0 Å². The Bertz CT molecular complexity index is 941. The highest BCUT2D eigenvalue weighted by Gasteiger charge is 2.13. The first-order valence-corrected chi connectivity index (χ1v) is 9.66. The molecule has 0 saturated carbocycles. The van der Waals surface area contributed by atoms with Crippen LogP contribution >= 0.6 is 11.3 Å². The third-order valence-corrected chi connectivity index (χ3v) is 5.14. The fraction of sp³-hybridized carbons (Fsp3) is 0.125. The number of rotatable bonds is 5. The maximum atomic E-state index is 12.0. The van der Waals surface area contributed by atoms with E-state index in [1.54, 1.807) is 0 Å². The number of sulfone groups is 1. The molecule has 2 aromatic heterocycles. The van der Waals surface area contributed by atoms with Gasteiger partial charge in [-0.25, -0.2) is 18.2 Å². The second kappa shape index (κ2) is 6.58. The van der Waals surface area contributed by atoms with Crippen molar-refractivity contribution in [3.8, 4) is 10.8 Å². The number of carbonyl (C=O) groups excluding carboxylic acids is 1. The predicted molar refractivity (Wildman–Crippen MR) is 88.5 cm³/mol. The topological polar surface area (TPSA) is 86.5 Å². The van der Waals surface area contributed by atoms with E-state index in [2.05, 4.69) is 4.98 Å². The van der Waals surface area contributed by atoms with Crippen LogP contribution in [0.4, 0.5) is 0 Å². The van der Waals surface area contributed by atoms with E-state index in [1.165, 1.54) is 41.9 Å². The third kappa shape index (κ3) is 3.72. The summed E-state index contributed by atoms with van der Waals surface area (Å²) in [6.07, 6.45) is 2.55. The fourth-order valence-corrected chi connectivity index (χ4v) is 3.23. The van der Waals surface area contributed by atoms with Crippen molar-refractivity contribution in [3.05, 3.63) is 59.3 Å². The van der Waals surface area contributed by atoms with E-state index in [-0.39, 0.29) is 17.1 Å². The third-order valence-electron chi connectivity index (χ3n) is 3.15. The van der Waals surface area contributed by atoms with Gasteiger partial charge in [-0.15, -0.1) is 11.3 Å². The summed E-state index contributed by atoms with van der Waals surface area (Å²) >= 11 is 1.50. The number of hydrogen-bond acceptors (Lipinski definition) is 7. The highest BCUT2D eigenvalue weighted by Crippen LogP contribution is 2.23. The summed E-state index contributed by atoms with van der Waals surface area (Å²) in [6, 6.07) is 9.35. The Balaban J connectivity index is 1.63. The van der Waals surface area contributed by atoms with Gasteiger partial charge in [0.1, 0.15) is 18.6 Å². The van der Waals surface area contributed by atoms with Crippen LogP contribution in [0, 0.1) is 0 Å². The molecule has 0 fully saturated rings. The quantitative estimate of drug-likeness (QED) is 0.647. The second-order valence-electron chi connectivity index (χ2n) is 4.99. The van der Waals surface area contributed by atoms with Gasteiger partial charge in [0.2, 0.25) is 5.89 Å². The SMILES string of the molecule is CS(=O)(=O)c1ccc(C(=O)OCc2coc(-c3cccs3)n2)cc1. The van der Waals surface area contributed by atoms with Gasteiger partial charge in [0, 0.05) is 6.26 Å². The molecular weight excluding hydrogens is 350 g/mol. The Morgan fingerprint density at radius 2 is 2.00 bits per heavy atom. The fourth-order valence-electron chi connectivity index (χ4n) is 1.95. The summed E-state index contributed by atoms with van der Waals surface area (Å²) in [7, 11) is -3.29. The zero-order valence-electron chi connectivity index (χ0n) is 12.6. The molecule has 0 bridgehead atoms. The molecule has 0 aliphatic rings. The van der Waals surface area contributed by atoms with Crippen molar-refractivity contribution in [1.29, 1.82) is 0 Å². The normalized spacial score (nSPS) is 11.4. The molecule has 3 aromatic rings. The van der Waals surface area contributed by atoms with Crippen LogP contribution < -0.4 is 0 Å². The average molecular weight is 363 g/mol. The van der Waals surface area contributed by atoms with Crippen molar-refractivity contribution >= 4 is 27.1 Å². The van der Waals surface area contributed by atoms with Crippen molar-refractivity contribution in [3.63, 3.8) is 0 Å². The number of nitrogens with zero attached hydrogens (tertiary/aromatic N) is 1. The van der Waals surface area contributed by atoms with E-state index in [0.717, 1.165) is 11.1 Å². The Morgan fingerprint density at radius 3 is 2.62 bits per heavy atom. The van der Waals surface area contributed by atoms with Gasteiger partial charge in [-0.05, 0) is 35.7 Å². The molecule has 6 nitrogen and oxygen atoms in total. The molecule has 0 radical (unpaired) electrons. The van der Waals surface area contributed by atoms with E-state index >= 15 is 0 Å². The number of esters is 1. The van der Waals surface area contributed by atoms with Gasteiger partial charge in [-0.1, -0.05) is 6.07 Å². The largest absolute Gasteiger partial charge is 0.455 e. The zero-order valence-corrected chi connectivity index (χ0v) is 14.3. The minimum absolute atomic E-state index is 0.0263. The van der Waals surface area contributed by atoms with Gasteiger partial charge in [-0.3, -0.25) is 0 Å². The van der Waals surface area contributed by atoms with Gasteiger partial charge in [-0.2, -0.15) is 0 Å². The molecule has 24 heavy (non-hydrogen) atoms. The maximum Gasteiger partial charge on any atom is 0.338 e. The monoisotopic (exact) mass is 363 g/mol. The lowest BCUT2D eigenvalue weighted by Crippen LogP contribution is -2.06. The van der Waals surface area contributed by atoms with E-state index in [9.17, 15) is 13.2 Å². The van der Waals surface area contributed by atoms with Crippen LogP contribution in [0.25, 0.3) is 10.8 Å². The van der Waals surface area contributed by atoms with E-state index < -0.39 is 15.8 Å². The molecule has 0 spiro atoms. The average Bonchev–Trinajstić information content (AvgIpc) is 3.23. The van der Waals surface area contributed by atoms with Crippen molar-refractivity contribution < 1.29 is 22.4 Å². The molecule has 8 heteroatoms. The predicted octanol–water partition coefficient (Wildman–Crippen LogP) is 3.16. The number of oxazole rings is 1. The minimum Gasteiger partial charge on any atom is -0.455 e. The molecule has 0 aliphatic heterocycles. The standard InChI is InChI=1S/C16H13NO5S2/c1-24(19,20)13-6-4-11(5-7-13)16(18)22-10-12-9-21-15(17-12)14-3-2-8-23-14/h2-9H,10H2,1H3. The smallest absolute Gasteiger partial charge is 0.338 e. The molecule has 2 heterocycles. The Labute approximate surface area is 142 Å². The molecule has 0 aliphatic carbocycles. The summed E-state index contributed by atoms with van der Waals surface area (Å²) in [5, 5.41) is 1.92. The summed E-state index contributed by atoms with van der Waals surface area (Å²) in [6.45, 7) is -0.0263. The van der Waals surface area contributed by atoms with Crippen molar-refractivity contribution in [2.24, 2.45) is 0 Å². The number of thiophene rings is 1. The number of benzene rings is 1. The van der Waals surface area contributed by atoms with Crippen LogP contribution in [0.5, 0.6) is 0 Å². The second-order valence-corrected chi connectivity index (χ2v) is 7.96. The van der Waals surface area contributed by atoms with E-state index in [4.69, 9.17) is 9.15 Å². The van der Waals surface area contributed by atoms with Gasteiger partial charge >= 0.3 is 5.97 Å². The van der Waals surface area contributed by atoms with Crippen molar-refractivity contribution in [1.82, 2.24) is 4.98 Å². The molecule has 0 N–H and O–H groups in total. The van der Waals surface area contributed by atoms with Crippen molar-refractivity contribution in [2.75, 3.05) is 6.26 Å². The van der Waals surface area contributed by atoms with Gasteiger partial charge < -0.3 is 9.15 Å². The first-order chi connectivity index (χ1) is 11.4. The lowest BCUT2D eigenvalue weighted by molar-refractivity contribution is 0.0467. The van der Waals surface area contributed by atoms with Crippen LogP contribution in [-0.4, -0.2) is 25.6 Å². The Morgan fingerprint density at radius 1 is 1.25 bits per heavy atom. The van der Waals surface area contributed by atoms with Gasteiger partial charge in [0.05, 0.1) is 15.3 Å². The van der Waals surface area contributed by atoms with Crippen LogP contribution in [0.2, 0.25) is 0 Å². The summed E-state index contributed by atoms with van der Waals surface area (Å²) in [5.74, 6) is -0.0794. The number of carbonyl (C=O) groups is 1. The zero-order chi connectivity index (χ0) is 17.2. The lowest BCUT2D eigenvalue weighted by atomic mass is 10.2. The van der Waals surface area contributed by atoms with Crippen LogP contribution in [-0.2, 0) is 21.2 Å². The number of ether oxygens (including phenoxy) is 1. The summed E-state index contributed by atoms with van der Waals surface area (Å²) in [4.78, 5) is 17.3. The molecule has 3 rings (SSSR count). The maximum absolute atomic E-state index is 12.0.